The van der Waals surface area contributed by atoms with Crippen molar-refractivity contribution in [2.75, 3.05) is 13.6 Å². The number of aromatic nitrogens is 1. The summed E-state index contributed by atoms with van der Waals surface area (Å²) in [5.41, 5.74) is 0.814. The molecule has 184 valence electrons. The van der Waals surface area contributed by atoms with Gasteiger partial charge in [-0.1, -0.05) is 35.9 Å². The van der Waals surface area contributed by atoms with Crippen LogP contribution in [0.5, 0.6) is 5.75 Å². The van der Waals surface area contributed by atoms with Crippen LogP contribution < -0.4 is 15.4 Å². The van der Waals surface area contributed by atoms with Crippen molar-refractivity contribution in [2.24, 2.45) is 0 Å². The zero-order valence-electron chi connectivity index (χ0n) is 18.8. The first-order valence-corrected chi connectivity index (χ1v) is 11.3. The number of nitrogens with one attached hydrogen (secondary N) is 2. The molecule has 0 radical (unpaired) electrons. The Balaban J connectivity index is 1.49. The summed E-state index contributed by atoms with van der Waals surface area (Å²) in [5.74, 6) is -1.45. The number of rotatable bonds is 6. The topological polar surface area (TPSA) is 92.7 Å². The van der Waals surface area contributed by atoms with Gasteiger partial charge in [0.15, 0.2) is 5.75 Å². The van der Waals surface area contributed by atoms with Gasteiger partial charge in [0, 0.05) is 37.2 Å². The van der Waals surface area contributed by atoms with E-state index in [1.54, 1.807) is 34.9 Å². The Morgan fingerprint density at radius 2 is 1.94 bits per heavy atom. The number of benzene rings is 2. The number of halogens is 3. The molecule has 35 heavy (non-hydrogen) atoms. The van der Waals surface area contributed by atoms with E-state index in [1.165, 1.54) is 30.3 Å². The number of likely N-dealkylation sites (tertiary alicyclic amines) is 1. The molecular formula is C24H23ClF2N4O4. The summed E-state index contributed by atoms with van der Waals surface area (Å²) in [7, 11) is 1.43. The lowest BCUT2D eigenvalue weighted by Gasteiger charge is -2.24. The molecule has 3 aromatic rings. The lowest BCUT2D eigenvalue weighted by molar-refractivity contribution is -0.139. The first-order valence-electron chi connectivity index (χ1n) is 10.9. The third-order valence-corrected chi connectivity index (χ3v) is 6.11. The molecule has 11 heteroatoms. The summed E-state index contributed by atoms with van der Waals surface area (Å²) in [5, 5.41) is 5.48. The van der Waals surface area contributed by atoms with Gasteiger partial charge in [0.25, 0.3) is 0 Å². The Hall–Kier alpha value is -3.66. The number of alkyl halides is 1. The van der Waals surface area contributed by atoms with E-state index in [0.717, 1.165) is 0 Å². The molecular weight excluding hydrogens is 482 g/mol. The molecule has 2 aromatic carbocycles. The van der Waals surface area contributed by atoms with E-state index in [0.29, 0.717) is 10.9 Å². The van der Waals surface area contributed by atoms with Crippen LogP contribution in [-0.4, -0.2) is 53.2 Å². The summed E-state index contributed by atoms with van der Waals surface area (Å²) < 4.78 is 35.3. The monoisotopic (exact) mass is 504 g/mol. The molecule has 2 atom stereocenters. The zero-order valence-corrected chi connectivity index (χ0v) is 19.5. The molecule has 1 aliphatic rings. The normalized spacial score (nSPS) is 17.4. The third kappa shape index (κ3) is 5.22. The molecule has 0 unspecified atom stereocenters. The smallest absolute Gasteiger partial charge is 0.408 e. The third-order valence-electron chi connectivity index (χ3n) is 5.82. The van der Waals surface area contributed by atoms with Crippen molar-refractivity contribution < 1.29 is 27.9 Å². The number of para-hydroxylation sites is 1. The molecule has 1 aliphatic heterocycles. The first kappa shape index (κ1) is 24.5. The molecule has 2 N–H and O–H groups in total. The highest BCUT2D eigenvalue weighted by atomic mass is 35.5. The Morgan fingerprint density at radius 1 is 1.17 bits per heavy atom. The first-order chi connectivity index (χ1) is 16.8. The second kappa shape index (κ2) is 10.3. The fourth-order valence-corrected chi connectivity index (χ4v) is 4.30. The Labute approximate surface area is 204 Å². The summed E-state index contributed by atoms with van der Waals surface area (Å²) in [6.07, 6.45) is -0.678. The van der Waals surface area contributed by atoms with E-state index in [-0.39, 0.29) is 42.4 Å². The molecule has 1 fully saturated rings. The maximum atomic E-state index is 14.3. The Morgan fingerprint density at radius 3 is 2.71 bits per heavy atom. The van der Waals surface area contributed by atoms with Crippen LogP contribution in [0, 0.1) is 5.82 Å². The van der Waals surface area contributed by atoms with Crippen LogP contribution in [0.2, 0.25) is 5.02 Å². The number of carbonyl (C=O) groups excluding carboxylic acids is 3. The minimum Gasteiger partial charge on any atom is -0.408 e. The van der Waals surface area contributed by atoms with E-state index in [2.05, 4.69) is 10.6 Å². The summed E-state index contributed by atoms with van der Waals surface area (Å²) in [6.45, 7) is -0.580. The molecule has 0 aliphatic carbocycles. The predicted octanol–water partition coefficient (Wildman–Crippen LogP) is 3.41. The zero-order chi connectivity index (χ0) is 25.1. The van der Waals surface area contributed by atoms with Crippen molar-refractivity contribution in [3.05, 3.63) is 65.1 Å². The predicted molar refractivity (Wildman–Crippen MR) is 125 cm³/mol. The fraction of sp³-hybridized carbons (Fsp3) is 0.292. The highest BCUT2D eigenvalue weighted by molar-refractivity contribution is 6.30. The number of carbonyl (C=O) groups is 3. The largest absolute Gasteiger partial charge is 0.412 e. The molecule has 0 saturated carbocycles. The second-order valence-corrected chi connectivity index (χ2v) is 8.51. The highest BCUT2D eigenvalue weighted by Crippen LogP contribution is 2.29. The Bertz CT molecular complexity index is 1280. The van der Waals surface area contributed by atoms with Gasteiger partial charge in [-0.25, -0.2) is 13.6 Å². The van der Waals surface area contributed by atoms with Crippen molar-refractivity contribution in [1.82, 2.24) is 20.1 Å². The van der Waals surface area contributed by atoms with E-state index in [4.69, 9.17) is 16.3 Å². The molecule has 4 rings (SSSR count). The SMILES string of the molecule is CNC(=O)Oc1cn(CC(=O)N2C[C@H](F)C[C@H]2C(=O)NCc2cccc(Cl)c2F)c2ccccc12. The highest BCUT2D eigenvalue weighted by Gasteiger charge is 2.39. The van der Waals surface area contributed by atoms with Crippen molar-refractivity contribution in [3.63, 3.8) is 0 Å². The van der Waals surface area contributed by atoms with Crippen molar-refractivity contribution in [1.29, 1.82) is 0 Å². The van der Waals surface area contributed by atoms with Crippen LogP contribution >= 0.6 is 11.6 Å². The second-order valence-electron chi connectivity index (χ2n) is 8.10. The van der Waals surface area contributed by atoms with Gasteiger partial charge in [0.2, 0.25) is 11.8 Å². The van der Waals surface area contributed by atoms with Gasteiger partial charge in [-0.05, 0) is 18.2 Å². The number of nitrogens with zero attached hydrogens (tertiary/aromatic N) is 2. The van der Waals surface area contributed by atoms with Gasteiger partial charge >= 0.3 is 6.09 Å². The Kier molecular flexibility index (Phi) is 7.20. The molecule has 2 heterocycles. The van der Waals surface area contributed by atoms with Gasteiger partial charge in [-0.2, -0.15) is 0 Å². The fourth-order valence-electron chi connectivity index (χ4n) is 4.11. The summed E-state index contributed by atoms with van der Waals surface area (Å²) in [4.78, 5) is 38.8. The lowest BCUT2D eigenvalue weighted by atomic mass is 10.1. The number of hydrogen-bond donors (Lipinski definition) is 2. The van der Waals surface area contributed by atoms with Crippen molar-refractivity contribution in [2.45, 2.75) is 31.7 Å². The molecule has 8 nitrogen and oxygen atoms in total. The maximum Gasteiger partial charge on any atom is 0.412 e. The van der Waals surface area contributed by atoms with Crippen LogP contribution in [0.3, 0.4) is 0 Å². The van der Waals surface area contributed by atoms with E-state index in [1.807, 2.05) is 0 Å². The minimum atomic E-state index is -1.37. The van der Waals surface area contributed by atoms with Crippen LogP contribution in [0.15, 0.2) is 48.7 Å². The van der Waals surface area contributed by atoms with Crippen LogP contribution in [0.25, 0.3) is 10.9 Å². The molecule has 1 aromatic heterocycles. The summed E-state index contributed by atoms with van der Waals surface area (Å²) in [6, 6.07) is 10.4. The molecule has 0 bridgehead atoms. The maximum absolute atomic E-state index is 14.3. The molecule has 1 saturated heterocycles. The standard InChI is InChI=1S/C24H23ClF2N4O4/c1-28-24(34)35-20-12-30(18-8-3-2-6-16(18)20)13-21(32)31-11-15(26)9-19(31)23(33)29-10-14-5-4-7-17(25)22(14)27/h2-8,12,15,19H,9-11,13H2,1H3,(H,28,34)(H,29,33)/t15-,19+/m1/s1. The number of fused-ring (bicyclic) bond motifs is 1. The minimum absolute atomic E-state index is 0.0723. The van der Waals surface area contributed by atoms with E-state index in [9.17, 15) is 23.2 Å². The van der Waals surface area contributed by atoms with E-state index < -0.39 is 35.9 Å². The van der Waals surface area contributed by atoms with Gasteiger partial charge in [0.1, 0.15) is 24.6 Å². The van der Waals surface area contributed by atoms with Gasteiger partial charge in [-0.3, -0.25) is 9.59 Å². The quantitative estimate of drug-likeness (QED) is 0.538. The van der Waals surface area contributed by atoms with Gasteiger partial charge in [-0.15, -0.1) is 0 Å². The summed E-state index contributed by atoms with van der Waals surface area (Å²) >= 11 is 5.77. The average molecular weight is 505 g/mol. The molecule has 0 spiro atoms. The average Bonchev–Trinajstić information content (AvgIpc) is 3.40. The number of ether oxygens (including phenoxy) is 1. The number of amides is 3. The molecule has 3 amide bonds. The van der Waals surface area contributed by atoms with Crippen molar-refractivity contribution >= 4 is 40.4 Å². The van der Waals surface area contributed by atoms with Gasteiger partial charge < -0.3 is 24.8 Å². The lowest BCUT2D eigenvalue weighted by Crippen LogP contribution is -2.46. The van der Waals surface area contributed by atoms with E-state index >= 15 is 0 Å². The van der Waals surface area contributed by atoms with Crippen molar-refractivity contribution in [3.8, 4) is 5.75 Å². The number of hydrogen-bond acceptors (Lipinski definition) is 4. The van der Waals surface area contributed by atoms with Crippen LogP contribution in [0.4, 0.5) is 13.6 Å². The van der Waals surface area contributed by atoms with Crippen LogP contribution in [0.1, 0.15) is 12.0 Å². The van der Waals surface area contributed by atoms with Crippen LogP contribution in [-0.2, 0) is 22.7 Å². The van der Waals surface area contributed by atoms with Gasteiger partial charge in [0.05, 0.1) is 17.1 Å².